The molecule has 2 aromatic carbocycles. The topological polar surface area (TPSA) is 66.4 Å². The number of anilines is 1. The fourth-order valence-corrected chi connectivity index (χ4v) is 1.99. The molecule has 1 amide bonds. The molecule has 108 valence electrons. The first-order chi connectivity index (χ1) is 9.91. The Hall–Kier alpha value is -2.47. The minimum Gasteiger partial charge on any atom is -0.478 e. The van der Waals surface area contributed by atoms with Crippen molar-refractivity contribution in [1.29, 1.82) is 0 Å². The van der Waals surface area contributed by atoms with Crippen molar-refractivity contribution in [2.75, 3.05) is 5.32 Å². The van der Waals surface area contributed by atoms with Gasteiger partial charge in [-0.15, -0.1) is 0 Å². The van der Waals surface area contributed by atoms with Gasteiger partial charge in [0, 0.05) is 0 Å². The first-order valence-corrected chi connectivity index (χ1v) is 6.06. The molecule has 2 aromatic rings. The number of benzene rings is 2. The number of carbonyl (C=O) groups excluding carboxylic acids is 1. The van der Waals surface area contributed by atoms with Crippen LogP contribution < -0.4 is 5.32 Å². The van der Waals surface area contributed by atoms with Crippen molar-refractivity contribution in [3.63, 3.8) is 0 Å². The van der Waals surface area contributed by atoms with E-state index in [1.807, 2.05) is 0 Å². The normalized spacial score (nSPS) is 10.2. The molecule has 4 nitrogen and oxygen atoms in total. The zero-order valence-corrected chi connectivity index (χ0v) is 11.1. The maximum atomic E-state index is 13.6. The Bertz CT molecular complexity index is 714. The number of carboxylic acids is 1. The van der Waals surface area contributed by atoms with Crippen LogP contribution in [0.4, 0.5) is 14.5 Å². The fraction of sp³-hybridized carbons (Fsp3) is 0. The molecule has 2 N–H and O–H groups in total. The van der Waals surface area contributed by atoms with Gasteiger partial charge in [0.15, 0.2) is 0 Å². The highest BCUT2D eigenvalue weighted by atomic mass is 35.5. The fourth-order valence-electron chi connectivity index (χ4n) is 1.75. The molecule has 0 spiro atoms. The zero-order chi connectivity index (χ0) is 15.6. The monoisotopic (exact) mass is 311 g/mol. The highest BCUT2D eigenvalue weighted by molar-refractivity contribution is 6.34. The van der Waals surface area contributed by atoms with Crippen LogP contribution >= 0.6 is 11.6 Å². The summed E-state index contributed by atoms with van der Waals surface area (Å²) in [6.07, 6.45) is 0. The van der Waals surface area contributed by atoms with E-state index in [2.05, 4.69) is 5.32 Å². The molecule has 0 aliphatic rings. The standard InChI is InChI=1S/C14H8ClF2NO3/c15-7-3-1-4-8(16)11(7)13(19)18-10-6-2-5-9(17)12(10)14(20)21/h1-6H,(H,18,19)(H,20,21). The van der Waals surface area contributed by atoms with Gasteiger partial charge in [-0.2, -0.15) is 0 Å². The van der Waals surface area contributed by atoms with E-state index in [0.717, 1.165) is 12.1 Å². The van der Waals surface area contributed by atoms with E-state index in [9.17, 15) is 18.4 Å². The summed E-state index contributed by atoms with van der Waals surface area (Å²) in [5.41, 5.74) is -1.44. The lowest BCUT2D eigenvalue weighted by Crippen LogP contribution is -2.17. The van der Waals surface area contributed by atoms with Gasteiger partial charge in [-0.25, -0.2) is 13.6 Å². The zero-order valence-electron chi connectivity index (χ0n) is 10.4. The van der Waals surface area contributed by atoms with Crippen LogP contribution in [-0.4, -0.2) is 17.0 Å². The predicted octanol–water partition coefficient (Wildman–Crippen LogP) is 3.57. The molecule has 0 fully saturated rings. The van der Waals surface area contributed by atoms with Gasteiger partial charge in [-0.1, -0.05) is 23.7 Å². The SMILES string of the molecule is O=C(Nc1cccc(F)c1C(=O)O)c1c(F)cccc1Cl. The van der Waals surface area contributed by atoms with Crippen LogP contribution in [0.3, 0.4) is 0 Å². The highest BCUT2D eigenvalue weighted by Gasteiger charge is 2.20. The molecule has 0 radical (unpaired) electrons. The smallest absolute Gasteiger partial charge is 0.340 e. The Morgan fingerprint density at radius 2 is 1.57 bits per heavy atom. The van der Waals surface area contributed by atoms with Crippen LogP contribution in [0, 0.1) is 11.6 Å². The Balaban J connectivity index is 2.42. The van der Waals surface area contributed by atoms with E-state index >= 15 is 0 Å². The van der Waals surface area contributed by atoms with Gasteiger partial charge in [0.05, 0.1) is 16.3 Å². The summed E-state index contributed by atoms with van der Waals surface area (Å²) in [5, 5.41) is 11.0. The predicted molar refractivity (Wildman–Crippen MR) is 72.7 cm³/mol. The molecule has 0 atom stereocenters. The third-order valence-corrected chi connectivity index (χ3v) is 2.98. The van der Waals surface area contributed by atoms with E-state index in [-0.39, 0.29) is 10.7 Å². The second-order valence-electron chi connectivity index (χ2n) is 4.02. The van der Waals surface area contributed by atoms with Crippen molar-refractivity contribution in [1.82, 2.24) is 0 Å². The van der Waals surface area contributed by atoms with Crippen molar-refractivity contribution in [2.24, 2.45) is 0 Å². The summed E-state index contributed by atoms with van der Waals surface area (Å²) < 4.78 is 27.1. The van der Waals surface area contributed by atoms with Crippen molar-refractivity contribution < 1.29 is 23.5 Å². The molecule has 0 saturated carbocycles. The van der Waals surface area contributed by atoms with Gasteiger partial charge < -0.3 is 10.4 Å². The molecule has 0 aliphatic heterocycles. The summed E-state index contributed by atoms with van der Waals surface area (Å²) in [5.74, 6) is -4.40. The van der Waals surface area contributed by atoms with Gasteiger partial charge in [-0.05, 0) is 24.3 Å². The van der Waals surface area contributed by atoms with Crippen LogP contribution in [-0.2, 0) is 0 Å². The van der Waals surface area contributed by atoms with Crippen LogP contribution in [0.2, 0.25) is 5.02 Å². The van der Waals surface area contributed by atoms with E-state index < -0.39 is 34.6 Å². The molecule has 2 rings (SSSR count). The number of nitrogens with one attached hydrogen (secondary N) is 1. The summed E-state index contributed by atoms with van der Waals surface area (Å²) in [7, 11) is 0. The Morgan fingerprint density at radius 3 is 2.14 bits per heavy atom. The third kappa shape index (κ3) is 3.00. The number of halogens is 3. The summed E-state index contributed by atoms with van der Waals surface area (Å²) in [6, 6.07) is 7.02. The van der Waals surface area contributed by atoms with E-state index in [1.165, 1.54) is 24.3 Å². The summed E-state index contributed by atoms with van der Waals surface area (Å²) in [4.78, 5) is 23.0. The molecule has 0 saturated heterocycles. The van der Waals surface area contributed by atoms with Crippen LogP contribution in [0.25, 0.3) is 0 Å². The number of carboxylic acid groups (broad SMARTS) is 1. The molecule has 0 aromatic heterocycles. The minimum absolute atomic E-state index is 0.138. The van der Waals surface area contributed by atoms with Crippen LogP contribution in [0.15, 0.2) is 36.4 Å². The molecule has 21 heavy (non-hydrogen) atoms. The van der Waals surface area contributed by atoms with E-state index in [1.54, 1.807) is 0 Å². The van der Waals surface area contributed by atoms with Gasteiger partial charge in [-0.3, -0.25) is 4.79 Å². The quantitative estimate of drug-likeness (QED) is 0.910. The average Bonchev–Trinajstić information content (AvgIpc) is 2.37. The second-order valence-corrected chi connectivity index (χ2v) is 4.43. The van der Waals surface area contributed by atoms with E-state index in [0.29, 0.717) is 0 Å². The molecule has 0 unspecified atom stereocenters. The molecular formula is C14H8ClF2NO3. The molecule has 0 aliphatic carbocycles. The molecule has 7 heteroatoms. The first kappa shape index (κ1) is 14.9. The lowest BCUT2D eigenvalue weighted by atomic mass is 10.1. The molecule has 0 heterocycles. The van der Waals surface area contributed by atoms with E-state index in [4.69, 9.17) is 16.7 Å². The summed E-state index contributed by atoms with van der Waals surface area (Å²) in [6.45, 7) is 0. The number of hydrogen-bond acceptors (Lipinski definition) is 2. The average molecular weight is 312 g/mol. The highest BCUT2D eigenvalue weighted by Crippen LogP contribution is 2.23. The Kier molecular flexibility index (Phi) is 4.18. The van der Waals surface area contributed by atoms with Gasteiger partial charge in [0.2, 0.25) is 0 Å². The lowest BCUT2D eigenvalue weighted by molar-refractivity contribution is 0.0693. The minimum atomic E-state index is -1.55. The van der Waals surface area contributed by atoms with Crippen molar-refractivity contribution in [3.05, 3.63) is 64.2 Å². The number of carbonyl (C=O) groups is 2. The van der Waals surface area contributed by atoms with Crippen molar-refractivity contribution in [3.8, 4) is 0 Å². The number of aromatic carboxylic acids is 1. The Labute approximate surface area is 123 Å². The lowest BCUT2D eigenvalue weighted by Gasteiger charge is -2.10. The van der Waals surface area contributed by atoms with Crippen molar-refractivity contribution in [2.45, 2.75) is 0 Å². The maximum Gasteiger partial charge on any atom is 0.340 e. The summed E-state index contributed by atoms with van der Waals surface area (Å²) >= 11 is 5.73. The third-order valence-electron chi connectivity index (χ3n) is 2.67. The second kappa shape index (κ2) is 5.88. The van der Waals surface area contributed by atoms with Gasteiger partial charge in [0.25, 0.3) is 5.91 Å². The van der Waals surface area contributed by atoms with Crippen molar-refractivity contribution >= 4 is 29.2 Å². The number of rotatable bonds is 3. The number of hydrogen-bond donors (Lipinski definition) is 2. The maximum absolute atomic E-state index is 13.6. The van der Waals surface area contributed by atoms with Crippen LogP contribution in [0.5, 0.6) is 0 Å². The number of amides is 1. The molecule has 0 bridgehead atoms. The first-order valence-electron chi connectivity index (χ1n) is 5.69. The molecular weight excluding hydrogens is 304 g/mol. The van der Waals surface area contributed by atoms with Crippen LogP contribution in [0.1, 0.15) is 20.7 Å². The Morgan fingerprint density at radius 1 is 1.00 bits per heavy atom. The van der Waals surface area contributed by atoms with Gasteiger partial charge >= 0.3 is 5.97 Å². The largest absolute Gasteiger partial charge is 0.478 e. The van der Waals surface area contributed by atoms with Gasteiger partial charge in [0.1, 0.15) is 17.2 Å².